The molecule has 1 aliphatic rings. The Labute approximate surface area is 138 Å². The third kappa shape index (κ3) is 3.07. The van der Waals surface area contributed by atoms with Crippen molar-refractivity contribution in [3.63, 3.8) is 0 Å². The number of benzene rings is 1. The van der Waals surface area contributed by atoms with Crippen molar-refractivity contribution in [2.45, 2.75) is 19.3 Å². The molecule has 4 rings (SSSR count). The Morgan fingerprint density at radius 1 is 1.17 bits per heavy atom. The average Bonchev–Trinajstić information content (AvgIpc) is 2.63. The predicted molar refractivity (Wildman–Crippen MR) is 87.5 cm³/mol. The van der Waals surface area contributed by atoms with Crippen LogP contribution in [-0.4, -0.2) is 18.1 Å². The van der Waals surface area contributed by atoms with E-state index in [2.05, 4.69) is 10.3 Å². The molecule has 0 saturated carbocycles. The minimum atomic E-state index is -0.638. The van der Waals surface area contributed by atoms with Gasteiger partial charge in [0.15, 0.2) is 0 Å². The summed E-state index contributed by atoms with van der Waals surface area (Å²) in [4.78, 5) is 15.3. The molecule has 2 N–H and O–H groups in total. The highest BCUT2D eigenvalue weighted by atomic mass is 16.4. The van der Waals surface area contributed by atoms with E-state index in [4.69, 9.17) is 9.68 Å². The maximum atomic E-state index is 11.8. The first-order valence-corrected chi connectivity index (χ1v) is 7.95. The first-order valence-electron chi connectivity index (χ1n) is 7.95. The maximum absolute atomic E-state index is 11.8. The predicted octanol–water partition coefficient (Wildman–Crippen LogP) is 1.02. The molecule has 1 aromatic carbocycles. The number of pyridine rings is 1. The fourth-order valence-electron chi connectivity index (χ4n) is 2.85. The van der Waals surface area contributed by atoms with Gasteiger partial charge in [0.05, 0.1) is 24.0 Å². The zero-order chi connectivity index (χ0) is 16.9. The van der Waals surface area contributed by atoms with Crippen LogP contribution in [0.4, 0.5) is 0 Å². The van der Waals surface area contributed by atoms with Gasteiger partial charge in [0.1, 0.15) is 11.7 Å². The number of hydrogen-bond acceptors (Lipinski definition) is 5. The summed E-state index contributed by atoms with van der Waals surface area (Å²) in [7, 11) is 0. The Bertz CT molecular complexity index is 957. The Morgan fingerprint density at radius 3 is 2.54 bits per heavy atom. The van der Waals surface area contributed by atoms with E-state index in [0.717, 1.165) is 6.20 Å². The molecule has 6 nitrogen and oxygen atoms in total. The van der Waals surface area contributed by atoms with E-state index in [0.29, 0.717) is 16.4 Å². The SMILES string of the molecule is C1CC[NH2+]CC1.N#Cc1c([O-])ncc2c(=O)oc3ccccc3c12. The molecule has 24 heavy (non-hydrogen) atoms. The van der Waals surface area contributed by atoms with Gasteiger partial charge in [-0.2, -0.15) is 5.26 Å². The molecule has 0 bridgehead atoms. The number of fused-ring (bicyclic) bond motifs is 3. The van der Waals surface area contributed by atoms with E-state index in [9.17, 15) is 9.90 Å². The second kappa shape index (κ2) is 7.11. The maximum Gasteiger partial charge on any atom is 0.345 e. The fraction of sp³-hybridized carbons (Fsp3) is 0.278. The minimum absolute atomic E-state index is 0.128. The normalized spacial score (nSPS) is 14.0. The summed E-state index contributed by atoms with van der Waals surface area (Å²) < 4.78 is 5.11. The number of nitrogens with zero attached hydrogens (tertiary/aromatic N) is 2. The molecule has 0 amide bonds. The van der Waals surface area contributed by atoms with Crippen LogP contribution >= 0.6 is 0 Å². The quantitative estimate of drug-likeness (QED) is 0.491. The monoisotopic (exact) mass is 323 g/mol. The van der Waals surface area contributed by atoms with Gasteiger partial charge >= 0.3 is 5.63 Å². The molecule has 3 aromatic rings. The molecule has 0 unspecified atom stereocenters. The number of para-hydroxylation sites is 1. The van der Waals surface area contributed by atoms with Gasteiger partial charge in [-0.1, -0.05) is 18.2 Å². The average molecular weight is 323 g/mol. The summed E-state index contributed by atoms with van der Waals surface area (Å²) in [6.07, 6.45) is 5.51. The van der Waals surface area contributed by atoms with E-state index in [1.165, 1.54) is 32.4 Å². The van der Waals surface area contributed by atoms with Crippen LogP contribution in [0.5, 0.6) is 5.88 Å². The van der Waals surface area contributed by atoms with Crippen molar-refractivity contribution < 1.29 is 14.8 Å². The van der Waals surface area contributed by atoms with Crippen LogP contribution in [0.1, 0.15) is 24.8 Å². The molecular weight excluding hydrogens is 306 g/mol. The van der Waals surface area contributed by atoms with Crippen molar-refractivity contribution >= 4 is 21.7 Å². The molecule has 0 spiro atoms. The van der Waals surface area contributed by atoms with Gasteiger partial charge in [-0.25, -0.2) is 4.79 Å². The third-order valence-corrected chi connectivity index (χ3v) is 4.05. The summed E-state index contributed by atoms with van der Waals surface area (Å²) in [5, 5.41) is 24.0. The lowest BCUT2D eigenvalue weighted by Gasteiger charge is -2.10. The topological polar surface area (TPSA) is 107 Å². The zero-order valence-corrected chi connectivity index (χ0v) is 13.1. The van der Waals surface area contributed by atoms with Gasteiger partial charge in [0.2, 0.25) is 0 Å². The van der Waals surface area contributed by atoms with Gasteiger partial charge in [-0.3, -0.25) is 4.98 Å². The number of aromatic nitrogens is 1. The van der Waals surface area contributed by atoms with Crippen LogP contribution in [0.15, 0.2) is 39.7 Å². The van der Waals surface area contributed by atoms with E-state index in [-0.39, 0.29) is 10.9 Å². The number of rotatable bonds is 0. The van der Waals surface area contributed by atoms with Gasteiger partial charge in [-0.15, -0.1) is 0 Å². The van der Waals surface area contributed by atoms with Crippen LogP contribution in [-0.2, 0) is 0 Å². The highest BCUT2D eigenvalue weighted by Crippen LogP contribution is 2.27. The van der Waals surface area contributed by atoms with Crippen molar-refractivity contribution in [3.05, 3.63) is 46.4 Å². The third-order valence-electron chi connectivity index (χ3n) is 4.05. The van der Waals surface area contributed by atoms with E-state index >= 15 is 0 Å². The van der Waals surface area contributed by atoms with Gasteiger partial charge < -0.3 is 14.8 Å². The van der Waals surface area contributed by atoms with Crippen LogP contribution < -0.4 is 16.0 Å². The fourth-order valence-corrected chi connectivity index (χ4v) is 2.85. The van der Waals surface area contributed by atoms with Crippen molar-refractivity contribution in [3.8, 4) is 11.9 Å². The number of nitrogens with two attached hydrogens (primary N) is 1. The molecule has 1 aliphatic heterocycles. The Balaban J connectivity index is 0.000000238. The number of nitriles is 1. The summed E-state index contributed by atoms with van der Waals surface area (Å²) in [6, 6.07) is 8.57. The van der Waals surface area contributed by atoms with Crippen LogP contribution in [0.3, 0.4) is 0 Å². The number of quaternary nitrogens is 1. The van der Waals surface area contributed by atoms with Crippen LogP contribution in [0.25, 0.3) is 21.7 Å². The number of hydrogen-bond donors (Lipinski definition) is 1. The first kappa shape index (κ1) is 16.0. The first-order chi connectivity index (χ1) is 11.7. The highest BCUT2D eigenvalue weighted by molar-refractivity contribution is 6.07. The van der Waals surface area contributed by atoms with Crippen LogP contribution in [0, 0.1) is 11.3 Å². The Kier molecular flexibility index (Phi) is 4.73. The van der Waals surface area contributed by atoms with Crippen molar-refractivity contribution in [2.75, 3.05) is 13.1 Å². The van der Waals surface area contributed by atoms with Crippen LogP contribution in [0.2, 0.25) is 0 Å². The van der Waals surface area contributed by atoms with Gasteiger partial charge in [0.25, 0.3) is 0 Å². The molecule has 0 radical (unpaired) electrons. The second-order valence-corrected chi connectivity index (χ2v) is 5.65. The van der Waals surface area contributed by atoms with Gasteiger partial charge in [0, 0.05) is 22.8 Å². The smallest absolute Gasteiger partial charge is 0.345 e. The molecule has 2 aromatic heterocycles. The van der Waals surface area contributed by atoms with E-state index < -0.39 is 11.5 Å². The van der Waals surface area contributed by atoms with E-state index in [1.807, 2.05) is 0 Å². The standard InChI is InChI=1S/C13H6N2O3.C5H11N/c14-5-8-11-7-3-1-2-4-10(7)18-13(17)9(11)6-15-12(8)16;1-2-4-6-5-3-1/h1-4,6H,(H,15,16);6H,1-5H2. The summed E-state index contributed by atoms with van der Waals surface area (Å²) in [6.45, 7) is 2.75. The molecular formula is C18H17N3O3. The molecule has 0 atom stereocenters. The summed E-state index contributed by atoms with van der Waals surface area (Å²) in [5.41, 5.74) is -0.388. The molecule has 122 valence electrons. The highest BCUT2D eigenvalue weighted by Gasteiger charge is 2.12. The largest absolute Gasteiger partial charge is 0.858 e. The lowest BCUT2D eigenvalue weighted by molar-refractivity contribution is -0.662. The van der Waals surface area contributed by atoms with Gasteiger partial charge in [-0.05, 0) is 25.3 Å². The Hall–Kier alpha value is -2.91. The minimum Gasteiger partial charge on any atom is -0.858 e. The number of piperidine rings is 1. The van der Waals surface area contributed by atoms with E-state index in [1.54, 1.807) is 30.3 Å². The zero-order valence-electron chi connectivity index (χ0n) is 13.1. The molecule has 3 heterocycles. The molecule has 1 saturated heterocycles. The lowest BCUT2D eigenvalue weighted by Crippen LogP contribution is -2.85. The molecule has 0 aliphatic carbocycles. The summed E-state index contributed by atoms with van der Waals surface area (Å²) >= 11 is 0. The summed E-state index contributed by atoms with van der Waals surface area (Å²) in [5.74, 6) is -0.638. The molecule has 6 heteroatoms. The van der Waals surface area contributed by atoms with Crippen molar-refractivity contribution in [1.29, 1.82) is 5.26 Å². The molecule has 1 fully saturated rings. The Morgan fingerprint density at radius 2 is 1.92 bits per heavy atom. The van der Waals surface area contributed by atoms with Crippen molar-refractivity contribution in [1.82, 2.24) is 4.98 Å². The second-order valence-electron chi connectivity index (χ2n) is 5.65. The van der Waals surface area contributed by atoms with Crippen molar-refractivity contribution in [2.24, 2.45) is 0 Å². The lowest BCUT2D eigenvalue weighted by atomic mass is 10.1.